The fraction of sp³-hybridized carbons (Fsp3) is 0.190. The van der Waals surface area contributed by atoms with Crippen molar-refractivity contribution >= 4 is 16.9 Å². The molecule has 0 aliphatic carbocycles. The van der Waals surface area contributed by atoms with E-state index in [0.29, 0.717) is 22.6 Å². The molecule has 0 bridgehead atoms. The summed E-state index contributed by atoms with van der Waals surface area (Å²) in [5.41, 5.74) is 2.58. The van der Waals surface area contributed by atoms with Gasteiger partial charge in [0.15, 0.2) is 0 Å². The van der Waals surface area contributed by atoms with Gasteiger partial charge in [0.05, 0.1) is 22.8 Å². The quantitative estimate of drug-likeness (QED) is 0.507. The predicted molar refractivity (Wildman–Crippen MR) is 103 cm³/mol. The van der Waals surface area contributed by atoms with E-state index in [-0.39, 0.29) is 16.9 Å². The summed E-state index contributed by atoms with van der Waals surface area (Å²) in [4.78, 5) is 18.8. The molecule has 0 saturated heterocycles. The lowest BCUT2D eigenvalue weighted by Gasteiger charge is -2.20. The van der Waals surface area contributed by atoms with Gasteiger partial charge in [0.2, 0.25) is 5.82 Å². The number of H-pyrrole nitrogens is 1. The van der Waals surface area contributed by atoms with E-state index in [1.54, 1.807) is 26.0 Å². The van der Waals surface area contributed by atoms with Gasteiger partial charge in [0, 0.05) is 0 Å². The number of aromatic nitrogens is 3. The van der Waals surface area contributed by atoms with Gasteiger partial charge in [-0.15, -0.1) is 0 Å². The Morgan fingerprint density at radius 2 is 1.83 bits per heavy atom. The standard InChI is InChI=1S/C21H17F3N4O2/c1-11-17(12(2)30-28-11)19(29)27-18(13-6-4-3-5-7-13)14-8-9-15-16(10-14)26-20(25-15)21(22,23)24/h3-10,18H,1-2H3,(H,25,26)(H,27,29). The van der Waals surface area contributed by atoms with Crippen LogP contribution in [0.15, 0.2) is 53.1 Å². The molecule has 2 aromatic carbocycles. The van der Waals surface area contributed by atoms with E-state index >= 15 is 0 Å². The number of alkyl halides is 3. The number of carbonyl (C=O) groups is 1. The van der Waals surface area contributed by atoms with Crippen molar-refractivity contribution in [1.82, 2.24) is 20.4 Å². The highest BCUT2D eigenvalue weighted by molar-refractivity contribution is 5.96. The van der Waals surface area contributed by atoms with Gasteiger partial charge in [-0.3, -0.25) is 4.79 Å². The van der Waals surface area contributed by atoms with Crippen molar-refractivity contribution in [2.45, 2.75) is 26.1 Å². The number of carbonyl (C=O) groups excluding carboxylic acids is 1. The van der Waals surface area contributed by atoms with E-state index in [0.717, 1.165) is 5.56 Å². The third kappa shape index (κ3) is 3.66. The van der Waals surface area contributed by atoms with Crippen LogP contribution in [0.3, 0.4) is 0 Å². The van der Waals surface area contributed by atoms with Gasteiger partial charge in [-0.25, -0.2) is 4.98 Å². The maximum Gasteiger partial charge on any atom is 0.449 e. The minimum Gasteiger partial charge on any atom is -0.361 e. The van der Waals surface area contributed by atoms with Crippen molar-refractivity contribution < 1.29 is 22.5 Å². The second-order valence-corrected chi connectivity index (χ2v) is 6.88. The molecule has 1 unspecified atom stereocenters. The molecule has 0 fully saturated rings. The number of nitrogens with zero attached hydrogens (tertiary/aromatic N) is 2. The van der Waals surface area contributed by atoms with Crippen molar-refractivity contribution in [3.63, 3.8) is 0 Å². The van der Waals surface area contributed by atoms with E-state index in [4.69, 9.17) is 4.52 Å². The lowest BCUT2D eigenvalue weighted by Crippen LogP contribution is -2.30. The zero-order valence-corrected chi connectivity index (χ0v) is 16.0. The number of hydrogen-bond acceptors (Lipinski definition) is 4. The maximum absolute atomic E-state index is 13.0. The summed E-state index contributed by atoms with van der Waals surface area (Å²) >= 11 is 0. The lowest BCUT2D eigenvalue weighted by molar-refractivity contribution is -0.144. The van der Waals surface area contributed by atoms with Gasteiger partial charge in [-0.05, 0) is 37.1 Å². The van der Waals surface area contributed by atoms with Crippen molar-refractivity contribution in [3.05, 3.63) is 82.5 Å². The van der Waals surface area contributed by atoms with E-state index in [1.165, 1.54) is 6.07 Å². The van der Waals surface area contributed by atoms with E-state index in [9.17, 15) is 18.0 Å². The summed E-state index contributed by atoms with van der Waals surface area (Å²) < 4.78 is 44.0. The molecule has 0 radical (unpaired) electrons. The Bertz CT molecular complexity index is 1190. The first-order valence-corrected chi connectivity index (χ1v) is 9.09. The molecule has 9 heteroatoms. The van der Waals surface area contributed by atoms with Crippen molar-refractivity contribution in [1.29, 1.82) is 0 Å². The molecule has 0 saturated carbocycles. The van der Waals surface area contributed by atoms with Crippen LogP contribution >= 0.6 is 0 Å². The van der Waals surface area contributed by atoms with Crippen LogP contribution in [0.2, 0.25) is 0 Å². The highest BCUT2D eigenvalue weighted by atomic mass is 19.4. The van der Waals surface area contributed by atoms with Crippen LogP contribution in [0.25, 0.3) is 11.0 Å². The monoisotopic (exact) mass is 414 g/mol. The molecule has 2 N–H and O–H groups in total. The molecule has 154 valence electrons. The predicted octanol–water partition coefficient (Wildman–Crippen LogP) is 4.71. The number of nitrogens with one attached hydrogen (secondary N) is 2. The first-order valence-electron chi connectivity index (χ1n) is 9.09. The SMILES string of the molecule is Cc1noc(C)c1C(=O)NC(c1ccccc1)c1ccc2nc(C(F)(F)F)[nH]c2c1. The summed E-state index contributed by atoms with van der Waals surface area (Å²) in [6.07, 6.45) is -4.57. The fourth-order valence-corrected chi connectivity index (χ4v) is 3.36. The Balaban J connectivity index is 1.76. The average Bonchev–Trinajstić information content (AvgIpc) is 3.29. The lowest BCUT2D eigenvalue weighted by atomic mass is 9.97. The number of aromatic amines is 1. The van der Waals surface area contributed by atoms with Crippen LogP contribution in [0.1, 0.15) is 44.8 Å². The number of imidazole rings is 1. The van der Waals surface area contributed by atoms with Gasteiger partial charge >= 0.3 is 6.18 Å². The number of amides is 1. The van der Waals surface area contributed by atoms with Crippen molar-refractivity contribution in [3.8, 4) is 0 Å². The highest BCUT2D eigenvalue weighted by Gasteiger charge is 2.35. The third-order valence-corrected chi connectivity index (χ3v) is 4.78. The van der Waals surface area contributed by atoms with Crippen LogP contribution in [0, 0.1) is 13.8 Å². The summed E-state index contributed by atoms with van der Waals surface area (Å²) in [7, 11) is 0. The molecule has 0 aliphatic heterocycles. The third-order valence-electron chi connectivity index (χ3n) is 4.78. The zero-order chi connectivity index (χ0) is 21.5. The van der Waals surface area contributed by atoms with Gasteiger partial charge in [-0.2, -0.15) is 13.2 Å². The minimum absolute atomic E-state index is 0.190. The topological polar surface area (TPSA) is 83.8 Å². The van der Waals surface area contributed by atoms with Gasteiger partial charge in [0.25, 0.3) is 5.91 Å². The molecule has 4 aromatic rings. The Morgan fingerprint density at radius 3 is 2.47 bits per heavy atom. The van der Waals surface area contributed by atoms with E-state index in [2.05, 4.69) is 20.4 Å². The molecular weight excluding hydrogens is 397 g/mol. The van der Waals surface area contributed by atoms with E-state index in [1.807, 2.05) is 30.3 Å². The van der Waals surface area contributed by atoms with Crippen LogP contribution in [-0.2, 0) is 6.18 Å². The Kier molecular flexibility index (Phi) is 4.81. The second kappa shape index (κ2) is 7.33. The number of halogens is 3. The minimum atomic E-state index is -4.57. The molecule has 0 aliphatic rings. The number of fused-ring (bicyclic) bond motifs is 1. The molecule has 2 aromatic heterocycles. The Hall–Kier alpha value is -3.62. The smallest absolute Gasteiger partial charge is 0.361 e. The summed E-state index contributed by atoms with van der Waals surface area (Å²) in [5, 5.41) is 6.74. The number of hydrogen-bond donors (Lipinski definition) is 2. The van der Waals surface area contributed by atoms with Gasteiger partial charge in [-0.1, -0.05) is 41.6 Å². The number of aryl methyl sites for hydroxylation is 2. The summed E-state index contributed by atoms with van der Waals surface area (Å²) in [6.45, 7) is 3.31. The molecule has 1 amide bonds. The van der Waals surface area contributed by atoms with E-state index < -0.39 is 18.0 Å². The Labute approximate surface area is 169 Å². The highest BCUT2D eigenvalue weighted by Crippen LogP contribution is 2.31. The maximum atomic E-state index is 13.0. The number of benzene rings is 2. The second-order valence-electron chi connectivity index (χ2n) is 6.88. The molecule has 6 nitrogen and oxygen atoms in total. The van der Waals surface area contributed by atoms with Crippen LogP contribution < -0.4 is 5.32 Å². The molecule has 1 atom stereocenters. The largest absolute Gasteiger partial charge is 0.449 e. The van der Waals surface area contributed by atoms with Gasteiger partial charge in [0.1, 0.15) is 11.3 Å². The normalized spacial score (nSPS) is 12.8. The zero-order valence-electron chi connectivity index (χ0n) is 16.0. The first-order chi connectivity index (χ1) is 14.2. The molecule has 2 heterocycles. The fourth-order valence-electron chi connectivity index (χ4n) is 3.36. The summed E-state index contributed by atoms with van der Waals surface area (Å²) in [5.74, 6) is -1.07. The molecule has 0 spiro atoms. The van der Waals surface area contributed by atoms with Crippen LogP contribution in [-0.4, -0.2) is 21.0 Å². The van der Waals surface area contributed by atoms with Crippen LogP contribution in [0.5, 0.6) is 0 Å². The van der Waals surface area contributed by atoms with Crippen molar-refractivity contribution in [2.24, 2.45) is 0 Å². The number of rotatable bonds is 4. The van der Waals surface area contributed by atoms with Gasteiger partial charge < -0.3 is 14.8 Å². The average molecular weight is 414 g/mol. The molecule has 4 rings (SSSR count). The Morgan fingerprint density at radius 1 is 1.10 bits per heavy atom. The van der Waals surface area contributed by atoms with Crippen LogP contribution in [0.4, 0.5) is 13.2 Å². The molecular formula is C21H17F3N4O2. The first kappa shape index (κ1) is 19.7. The van der Waals surface area contributed by atoms with Crippen molar-refractivity contribution in [2.75, 3.05) is 0 Å². The molecule has 30 heavy (non-hydrogen) atoms. The summed E-state index contributed by atoms with van der Waals surface area (Å²) in [6, 6.07) is 13.2.